The van der Waals surface area contributed by atoms with Crippen LogP contribution >= 0.6 is 11.3 Å². The Morgan fingerprint density at radius 3 is 2.89 bits per heavy atom. The Labute approximate surface area is 111 Å². The molecule has 0 atom stereocenters. The number of fused-ring (bicyclic) bond motifs is 1. The van der Waals surface area contributed by atoms with Crippen LogP contribution in [0.4, 0.5) is 0 Å². The molecule has 0 N–H and O–H groups in total. The van der Waals surface area contributed by atoms with Crippen molar-refractivity contribution in [2.45, 2.75) is 32.1 Å². The van der Waals surface area contributed by atoms with Gasteiger partial charge >= 0.3 is 0 Å². The molecule has 0 saturated carbocycles. The van der Waals surface area contributed by atoms with E-state index in [9.17, 15) is 4.79 Å². The molecule has 0 aliphatic heterocycles. The predicted octanol–water partition coefficient (Wildman–Crippen LogP) is 4.97. The largest absolute Gasteiger partial charge is 0.288 e. The summed E-state index contributed by atoms with van der Waals surface area (Å²) in [7, 11) is 0. The lowest BCUT2D eigenvalue weighted by Gasteiger charge is -2.01. The molecular weight excluding hydrogens is 240 g/mol. The highest BCUT2D eigenvalue weighted by Crippen LogP contribution is 2.29. The third-order valence-electron chi connectivity index (χ3n) is 3.48. The average Bonchev–Trinajstić information content (AvgIpc) is 2.64. The number of ketones is 1. The van der Waals surface area contributed by atoms with Crippen molar-refractivity contribution in [3.8, 4) is 0 Å². The number of benzene rings is 1. The topological polar surface area (TPSA) is 17.1 Å². The monoisotopic (exact) mass is 256 g/mol. The summed E-state index contributed by atoms with van der Waals surface area (Å²) in [6, 6.07) is 10.2. The van der Waals surface area contributed by atoms with Gasteiger partial charge in [0.2, 0.25) is 0 Å². The molecule has 1 aliphatic rings. The predicted molar refractivity (Wildman–Crippen MR) is 77.3 cm³/mol. The van der Waals surface area contributed by atoms with Crippen molar-refractivity contribution < 1.29 is 4.79 Å². The summed E-state index contributed by atoms with van der Waals surface area (Å²) in [4.78, 5) is 13.4. The summed E-state index contributed by atoms with van der Waals surface area (Å²) < 4.78 is 1.20. The van der Waals surface area contributed by atoms with E-state index in [1.807, 2.05) is 18.2 Å². The number of carbonyl (C=O) groups excluding carboxylic acids is 1. The minimum Gasteiger partial charge on any atom is -0.288 e. The molecule has 2 heteroatoms. The van der Waals surface area contributed by atoms with Gasteiger partial charge in [0.15, 0.2) is 5.78 Å². The van der Waals surface area contributed by atoms with Gasteiger partial charge in [-0.1, -0.05) is 30.7 Å². The summed E-state index contributed by atoms with van der Waals surface area (Å²) in [5.41, 5.74) is 1.03. The van der Waals surface area contributed by atoms with Gasteiger partial charge in [0.05, 0.1) is 4.88 Å². The van der Waals surface area contributed by atoms with Gasteiger partial charge in [-0.3, -0.25) is 4.79 Å². The SMILES string of the molecule is O=C(C1=CCCCCC1)c1cc2ccccc2s1. The first-order chi connectivity index (χ1) is 8.84. The smallest absolute Gasteiger partial charge is 0.198 e. The molecule has 1 heterocycles. The molecule has 3 rings (SSSR count). The van der Waals surface area contributed by atoms with E-state index in [4.69, 9.17) is 0 Å². The first-order valence-corrected chi connectivity index (χ1v) is 7.38. The quantitative estimate of drug-likeness (QED) is 0.693. The maximum absolute atomic E-state index is 12.5. The van der Waals surface area contributed by atoms with Gasteiger partial charge in [-0.2, -0.15) is 0 Å². The van der Waals surface area contributed by atoms with Crippen molar-refractivity contribution in [2.75, 3.05) is 0 Å². The number of allylic oxidation sites excluding steroid dienone is 2. The Balaban J connectivity index is 1.93. The lowest BCUT2D eigenvalue weighted by atomic mass is 10.0. The van der Waals surface area contributed by atoms with Gasteiger partial charge in [0.25, 0.3) is 0 Å². The van der Waals surface area contributed by atoms with Crippen molar-refractivity contribution in [3.63, 3.8) is 0 Å². The highest BCUT2D eigenvalue weighted by Gasteiger charge is 2.16. The molecule has 0 spiro atoms. The zero-order valence-corrected chi connectivity index (χ0v) is 11.1. The van der Waals surface area contributed by atoms with Crippen molar-refractivity contribution in [2.24, 2.45) is 0 Å². The van der Waals surface area contributed by atoms with Crippen molar-refractivity contribution in [3.05, 3.63) is 46.9 Å². The molecule has 1 nitrogen and oxygen atoms in total. The van der Waals surface area contributed by atoms with Crippen LogP contribution in [0.3, 0.4) is 0 Å². The van der Waals surface area contributed by atoms with Gasteiger partial charge in [-0.05, 0) is 48.8 Å². The minimum atomic E-state index is 0.248. The van der Waals surface area contributed by atoms with E-state index in [0.29, 0.717) is 0 Å². The zero-order chi connectivity index (χ0) is 12.4. The first kappa shape index (κ1) is 11.7. The molecule has 0 amide bonds. The molecule has 0 saturated heterocycles. The summed E-state index contributed by atoms with van der Waals surface area (Å²) >= 11 is 1.62. The number of Topliss-reactive ketones (excluding diaryl/α,β-unsaturated/α-hetero) is 1. The van der Waals surface area contributed by atoms with Crippen LogP contribution in [0.2, 0.25) is 0 Å². The molecule has 1 aliphatic carbocycles. The molecule has 0 unspecified atom stereocenters. The molecule has 1 aromatic carbocycles. The number of hydrogen-bond acceptors (Lipinski definition) is 2. The third kappa shape index (κ3) is 2.25. The minimum absolute atomic E-state index is 0.248. The van der Waals surface area contributed by atoms with Crippen LogP contribution in [0.1, 0.15) is 41.8 Å². The lowest BCUT2D eigenvalue weighted by molar-refractivity contribution is 0.103. The highest BCUT2D eigenvalue weighted by molar-refractivity contribution is 7.21. The molecule has 2 aromatic rings. The standard InChI is InChI=1S/C16H16OS/c17-16(12-7-3-1-2-4-8-12)15-11-13-9-5-6-10-14(13)18-15/h5-7,9-11H,1-4,8H2. The summed E-state index contributed by atoms with van der Waals surface area (Å²) in [5.74, 6) is 0.248. The second kappa shape index (κ2) is 5.07. The summed E-state index contributed by atoms with van der Waals surface area (Å²) in [6.45, 7) is 0. The fourth-order valence-electron chi connectivity index (χ4n) is 2.47. The van der Waals surface area contributed by atoms with Gasteiger partial charge in [0.1, 0.15) is 0 Å². The van der Waals surface area contributed by atoms with Crippen LogP contribution in [0, 0.1) is 0 Å². The van der Waals surface area contributed by atoms with E-state index >= 15 is 0 Å². The number of rotatable bonds is 2. The maximum Gasteiger partial charge on any atom is 0.198 e. The molecule has 92 valence electrons. The van der Waals surface area contributed by atoms with Crippen LogP contribution in [0.15, 0.2) is 42.0 Å². The zero-order valence-electron chi connectivity index (χ0n) is 10.3. The average molecular weight is 256 g/mol. The number of carbonyl (C=O) groups is 1. The molecule has 0 radical (unpaired) electrons. The van der Waals surface area contributed by atoms with Crippen LogP contribution < -0.4 is 0 Å². The van der Waals surface area contributed by atoms with Crippen LogP contribution in [-0.4, -0.2) is 5.78 Å². The number of thiophene rings is 1. The summed E-state index contributed by atoms with van der Waals surface area (Å²) in [6.07, 6.45) is 7.80. The van der Waals surface area contributed by atoms with Crippen LogP contribution in [0.5, 0.6) is 0 Å². The van der Waals surface area contributed by atoms with Crippen LogP contribution in [-0.2, 0) is 0 Å². The van der Waals surface area contributed by atoms with Crippen molar-refractivity contribution >= 4 is 27.2 Å². The van der Waals surface area contributed by atoms with Crippen molar-refractivity contribution in [1.29, 1.82) is 0 Å². The molecular formula is C16H16OS. The van der Waals surface area contributed by atoms with Gasteiger partial charge < -0.3 is 0 Å². The Morgan fingerprint density at radius 2 is 2.00 bits per heavy atom. The van der Waals surface area contributed by atoms with E-state index in [1.54, 1.807) is 11.3 Å². The lowest BCUT2D eigenvalue weighted by Crippen LogP contribution is -2.00. The second-order valence-electron chi connectivity index (χ2n) is 4.81. The second-order valence-corrected chi connectivity index (χ2v) is 5.89. The van der Waals surface area contributed by atoms with Crippen LogP contribution in [0.25, 0.3) is 10.1 Å². The highest BCUT2D eigenvalue weighted by atomic mass is 32.1. The summed E-state index contributed by atoms with van der Waals surface area (Å²) in [5, 5.41) is 1.18. The number of hydrogen-bond donors (Lipinski definition) is 0. The van der Waals surface area contributed by atoms with E-state index in [0.717, 1.165) is 29.7 Å². The van der Waals surface area contributed by atoms with Gasteiger partial charge in [0, 0.05) is 4.70 Å². The Kier molecular flexibility index (Phi) is 3.28. The van der Waals surface area contributed by atoms with Crippen molar-refractivity contribution in [1.82, 2.24) is 0 Å². The Morgan fingerprint density at radius 1 is 1.11 bits per heavy atom. The Hall–Kier alpha value is -1.41. The molecule has 18 heavy (non-hydrogen) atoms. The Bertz CT molecular complexity index is 573. The normalized spacial score (nSPS) is 16.3. The van der Waals surface area contributed by atoms with Gasteiger partial charge in [-0.25, -0.2) is 0 Å². The maximum atomic E-state index is 12.5. The molecule has 1 aromatic heterocycles. The fraction of sp³-hybridized carbons (Fsp3) is 0.312. The van der Waals surface area contributed by atoms with E-state index < -0.39 is 0 Å². The third-order valence-corrected chi connectivity index (χ3v) is 4.60. The first-order valence-electron chi connectivity index (χ1n) is 6.57. The molecule has 0 fully saturated rings. The fourth-order valence-corrected chi connectivity index (χ4v) is 3.51. The molecule has 0 bridgehead atoms. The van der Waals surface area contributed by atoms with E-state index in [1.165, 1.54) is 22.9 Å². The van der Waals surface area contributed by atoms with Gasteiger partial charge in [-0.15, -0.1) is 11.3 Å². The van der Waals surface area contributed by atoms with E-state index in [-0.39, 0.29) is 5.78 Å². The van der Waals surface area contributed by atoms with E-state index in [2.05, 4.69) is 18.2 Å².